The van der Waals surface area contributed by atoms with Gasteiger partial charge in [0.25, 0.3) is 0 Å². The van der Waals surface area contributed by atoms with E-state index in [1.807, 2.05) is 36.7 Å². The maximum absolute atomic E-state index is 12.9. The molecule has 2 rings (SSSR count). The van der Waals surface area contributed by atoms with Crippen molar-refractivity contribution in [2.45, 2.75) is 40.3 Å². The molecule has 0 fully saturated rings. The molecule has 0 aliphatic heterocycles. The Kier molecular flexibility index (Phi) is 6.61. The highest BCUT2D eigenvalue weighted by atomic mass is 32.1. The first-order chi connectivity index (χ1) is 11.8. The van der Waals surface area contributed by atoms with E-state index in [2.05, 4.69) is 48.2 Å². The highest BCUT2D eigenvalue weighted by Gasteiger charge is 2.18. The van der Waals surface area contributed by atoms with Crippen LogP contribution >= 0.6 is 11.3 Å². The molecule has 0 saturated carbocycles. The largest absolute Gasteiger partial charge is 0.323 e. The van der Waals surface area contributed by atoms with Crippen molar-refractivity contribution in [2.24, 2.45) is 0 Å². The van der Waals surface area contributed by atoms with Gasteiger partial charge in [-0.2, -0.15) is 5.10 Å². The summed E-state index contributed by atoms with van der Waals surface area (Å²) < 4.78 is 1.85. The molecule has 0 aliphatic rings. The van der Waals surface area contributed by atoms with Gasteiger partial charge in [0, 0.05) is 35.0 Å². The average Bonchev–Trinajstić information content (AvgIpc) is 3.08. The van der Waals surface area contributed by atoms with Crippen molar-refractivity contribution >= 4 is 23.2 Å². The first kappa shape index (κ1) is 19.5. The molecule has 0 atom stereocenters. The minimum absolute atomic E-state index is 0.0882. The van der Waals surface area contributed by atoms with Gasteiger partial charge in [0.15, 0.2) is 0 Å². The molecule has 0 aliphatic carbocycles. The zero-order chi connectivity index (χ0) is 18.6. The van der Waals surface area contributed by atoms with Crippen molar-refractivity contribution < 1.29 is 4.79 Å². The standard InChI is InChI=1S/C18H29N5OS/c1-13(2)23-17(11-14(3)20-23)19-18(24)22(10-9-21(5)6)12-16-8-7-15(4)25-16/h7-8,11,13H,9-10,12H2,1-6H3,(H,19,24). The fraction of sp³-hybridized carbons (Fsp3) is 0.556. The summed E-state index contributed by atoms with van der Waals surface area (Å²) in [6.07, 6.45) is 0. The number of rotatable bonds is 7. The predicted molar refractivity (Wildman–Crippen MR) is 104 cm³/mol. The SMILES string of the molecule is Cc1cc(NC(=O)N(CCN(C)C)Cc2ccc(C)s2)n(C(C)C)n1. The van der Waals surface area contributed by atoms with Crippen LogP contribution in [0.2, 0.25) is 0 Å². The number of nitrogens with zero attached hydrogens (tertiary/aromatic N) is 4. The Balaban J connectivity index is 2.13. The van der Waals surface area contributed by atoms with Crippen molar-refractivity contribution in [3.63, 3.8) is 0 Å². The van der Waals surface area contributed by atoms with Gasteiger partial charge >= 0.3 is 6.03 Å². The summed E-state index contributed by atoms with van der Waals surface area (Å²) in [5, 5.41) is 7.50. The zero-order valence-electron chi connectivity index (χ0n) is 16.0. The van der Waals surface area contributed by atoms with Crippen LogP contribution in [0.3, 0.4) is 0 Å². The molecule has 6 nitrogen and oxygen atoms in total. The van der Waals surface area contributed by atoms with Crippen molar-refractivity contribution in [1.82, 2.24) is 19.6 Å². The topological polar surface area (TPSA) is 53.4 Å². The summed E-state index contributed by atoms with van der Waals surface area (Å²) in [5.74, 6) is 0.745. The zero-order valence-corrected chi connectivity index (χ0v) is 16.9. The highest BCUT2D eigenvalue weighted by Crippen LogP contribution is 2.19. The fourth-order valence-corrected chi connectivity index (χ4v) is 3.43. The van der Waals surface area contributed by atoms with E-state index in [0.717, 1.165) is 18.1 Å². The number of carbonyl (C=O) groups is 1. The molecule has 0 unspecified atom stereocenters. The lowest BCUT2D eigenvalue weighted by Crippen LogP contribution is -2.39. The number of amides is 2. The third-order valence-electron chi connectivity index (χ3n) is 3.83. The second kappa shape index (κ2) is 8.49. The number of aromatic nitrogens is 2. The Morgan fingerprint density at radius 1 is 1.28 bits per heavy atom. The van der Waals surface area contributed by atoms with Crippen LogP contribution in [0.1, 0.15) is 35.3 Å². The van der Waals surface area contributed by atoms with E-state index in [9.17, 15) is 4.79 Å². The molecule has 138 valence electrons. The first-order valence-corrected chi connectivity index (χ1v) is 9.40. The molecule has 2 amide bonds. The van der Waals surface area contributed by atoms with Gasteiger partial charge in [-0.05, 0) is 53.9 Å². The van der Waals surface area contributed by atoms with E-state index in [1.54, 1.807) is 11.3 Å². The number of likely N-dealkylation sites (N-methyl/N-ethyl adjacent to an activating group) is 1. The van der Waals surface area contributed by atoms with Crippen molar-refractivity contribution in [3.8, 4) is 0 Å². The predicted octanol–water partition coefficient (Wildman–Crippen LogP) is 3.74. The second-order valence-corrected chi connectivity index (χ2v) is 8.25. The van der Waals surface area contributed by atoms with E-state index in [0.29, 0.717) is 13.1 Å². The van der Waals surface area contributed by atoms with Crippen LogP contribution in [0.5, 0.6) is 0 Å². The molecule has 7 heteroatoms. The Morgan fingerprint density at radius 2 is 2.00 bits per heavy atom. The number of hydrogen-bond donors (Lipinski definition) is 1. The smallest absolute Gasteiger partial charge is 0.318 e. The van der Waals surface area contributed by atoms with Crippen LogP contribution in [0, 0.1) is 13.8 Å². The van der Waals surface area contributed by atoms with Crippen LogP contribution in [0.4, 0.5) is 10.6 Å². The summed E-state index contributed by atoms with van der Waals surface area (Å²) in [6.45, 7) is 10.2. The number of urea groups is 1. The number of nitrogens with one attached hydrogen (secondary N) is 1. The lowest BCUT2D eigenvalue weighted by atomic mass is 10.4. The van der Waals surface area contributed by atoms with Crippen molar-refractivity contribution in [2.75, 3.05) is 32.5 Å². The van der Waals surface area contributed by atoms with Gasteiger partial charge in [-0.1, -0.05) is 0 Å². The molecular weight excluding hydrogens is 334 g/mol. The van der Waals surface area contributed by atoms with E-state index in [-0.39, 0.29) is 12.1 Å². The first-order valence-electron chi connectivity index (χ1n) is 8.58. The van der Waals surface area contributed by atoms with Crippen molar-refractivity contribution in [3.05, 3.63) is 33.6 Å². The Bertz CT molecular complexity index is 704. The fourth-order valence-electron chi connectivity index (χ4n) is 2.52. The van der Waals surface area contributed by atoms with E-state index in [1.165, 1.54) is 9.75 Å². The molecule has 2 aromatic rings. The minimum atomic E-state index is -0.0882. The second-order valence-electron chi connectivity index (χ2n) is 6.88. The number of anilines is 1. The third-order valence-corrected chi connectivity index (χ3v) is 4.81. The molecule has 0 aromatic carbocycles. The lowest BCUT2D eigenvalue weighted by Gasteiger charge is -2.24. The van der Waals surface area contributed by atoms with Gasteiger partial charge < -0.3 is 9.80 Å². The van der Waals surface area contributed by atoms with E-state index >= 15 is 0 Å². The van der Waals surface area contributed by atoms with Crippen LogP contribution in [-0.2, 0) is 6.54 Å². The van der Waals surface area contributed by atoms with E-state index in [4.69, 9.17) is 0 Å². The molecule has 2 aromatic heterocycles. The number of carbonyl (C=O) groups excluding carboxylic acids is 1. The number of hydrogen-bond acceptors (Lipinski definition) is 4. The van der Waals surface area contributed by atoms with Gasteiger partial charge in [0.2, 0.25) is 0 Å². The van der Waals surface area contributed by atoms with Crippen LogP contribution in [-0.4, -0.2) is 52.8 Å². The Hall–Kier alpha value is -1.86. The molecule has 0 radical (unpaired) electrons. The summed E-state index contributed by atoms with van der Waals surface area (Å²) in [4.78, 5) is 19.3. The van der Waals surface area contributed by atoms with Gasteiger partial charge in [-0.3, -0.25) is 5.32 Å². The third kappa shape index (κ3) is 5.57. The quantitative estimate of drug-likeness (QED) is 0.815. The summed E-state index contributed by atoms with van der Waals surface area (Å²) >= 11 is 1.73. The van der Waals surface area contributed by atoms with E-state index < -0.39 is 0 Å². The Labute approximate surface area is 154 Å². The summed E-state index contributed by atoms with van der Waals surface area (Å²) in [5.41, 5.74) is 0.901. The molecule has 1 N–H and O–H groups in total. The maximum atomic E-state index is 12.9. The minimum Gasteiger partial charge on any atom is -0.318 e. The van der Waals surface area contributed by atoms with Gasteiger partial charge in [0.05, 0.1) is 12.2 Å². The van der Waals surface area contributed by atoms with Gasteiger partial charge in [-0.25, -0.2) is 9.48 Å². The lowest BCUT2D eigenvalue weighted by molar-refractivity contribution is 0.202. The molecule has 25 heavy (non-hydrogen) atoms. The molecule has 0 bridgehead atoms. The van der Waals surface area contributed by atoms with Gasteiger partial charge in [0.1, 0.15) is 5.82 Å². The maximum Gasteiger partial charge on any atom is 0.323 e. The monoisotopic (exact) mass is 363 g/mol. The van der Waals surface area contributed by atoms with Crippen LogP contribution < -0.4 is 5.32 Å². The summed E-state index contributed by atoms with van der Waals surface area (Å²) in [7, 11) is 4.03. The van der Waals surface area contributed by atoms with Crippen LogP contribution in [0.15, 0.2) is 18.2 Å². The van der Waals surface area contributed by atoms with Gasteiger partial charge in [-0.15, -0.1) is 11.3 Å². The molecule has 2 heterocycles. The molecular formula is C18H29N5OS. The number of thiophene rings is 1. The average molecular weight is 364 g/mol. The molecule has 0 spiro atoms. The Morgan fingerprint density at radius 3 is 2.56 bits per heavy atom. The summed E-state index contributed by atoms with van der Waals surface area (Å²) in [6, 6.07) is 6.21. The number of aryl methyl sites for hydroxylation is 2. The molecule has 0 saturated heterocycles. The normalized spacial score (nSPS) is 11.4. The van der Waals surface area contributed by atoms with Crippen LogP contribution in [0.25, 0.3) is 0 Å². The highest BCUT2D eigenvalue weighted by molar-refractivity contribution is 7.11. The van der Waals surface area contributed by atoms with Crippen molar-refractivity contribution in [1.29, 1.82) is 0 Å².